The highest BCUT2D eigenvalue weighted by molar-refractivity contribution is 5.80. The SMILES string of the molecule is N#CCC#Cc1cc(F)c(O)c(C=O)c1. The van der Waals surface area contributed by atoms with Crippen LogP contribution < -0.4 is 0 Å². The van der Waals surface area contributed by atoms with Gasteiger partial charge in [-0.3, -0.25) is 4.79 Å². The monoisotopic (exact) mass is 203 g/mol. The van der Waals surface area contributed by atoms with Crippen LogP contribution in [0.4, 0.5) is 4.39 Å². The lowest BCUT2D eigenvalue weighted by atomic mass is 10.1. The molecule has 0 fully saturated rings. The van der Waals surface area contributed by atoms with E-state index in [0.717, 1.165) is 6.07 Å². The van der Waals surface area contributed by atoms with Gasteiger partial charge in [0.1, 0.15) is 0 Å². The topological polar surface area (TPSA) is 61.1 Å². The van der Waals surface area contributed by atoms with Crippen LogP contribution in [0.5, 0.6) is 5.75 Å². The Balaban J connectivity index is 3.14. The summed E-state index contributed by atoms with van der Waals surface area (Å²) in [5, 5.41) is 17.3. The number of halogens is 1. The molecule has 0 aliphatic rings. The summed E-state index contributed by atoms with van der Waals surface area (Å²) in [6.45, 7) is 0. The standard InChI is InChI=1S/C11H6FNO2/c12-10-6-8(3-1-2-4-13)5-9(7-14)11(10)15/h5-7,15H,2H2. The van der Waals surface area contributed by atoms with E-state index in [1.165, 1.54) is 6.07 Å². The normalized spacial score (nSPS) is 8.53. The number of nitriles is 1. The van der Waals surface area contributed by atoms with Crippen molar-refractivity contribution in [2.75, 3.05) is 0 Å². The van der Waals surface area contributed by atoms with Crippen molar-refractivity contribution in [2.24, 2.45) is 0 Å². The Labute approximate surface area is 85.8 Å². The second-order valence-corrected chi connectivity index (χ2v) is 2.65. The third-order valence-electron chi connectivity index (χ3n) is 1.62. The van der Waals surface area contributed by atoms with Crippen molar-refractivity contribution in [3.05, 3.63) is 29.1 Å². The zero-order valence-electron chi connectivity index (χ0n) is 7.62. The van der Waals surface area contributed by atoms with Crippen molar-refractivity contribution in [1.82, 2.24) is 0 Å². The molecule has 0 saturated heterocycles. The van der Waals surface area contributed by atoms with Crippen LogP contribution >= 0.6 is 0 Å². The van der Waals surface area contributed by atoms with Gasteiger partial charge in [-0.25, -0.2) is 4.39 Å². The van der Waals surface area contributed by atoms with Crippen molar-refractivity contribution >= 4 is 6.29 Å². The molecule has 15 heavy (non-hydrogen) atoms. The molecule has 0 unspecified atom stereocenters. The maximum absolute atomic E-state index is 13.0. The quantitative estimate of drug-likeness (QED) is 0.557. The number of aldehydes is 1. The predicted octanol–water partition coefficient (Wildman–Crippen LogP) is 1.61. The number of carbonyl (C=O) groups is 1. The highest BCUT2D eigenvalue weighted by Gasteiger charge is 2.07. The van der Waals surface area contributed by atoms with Gasteiger partial charge in [0.05, 0.1) is 18.1 Å². The van der Waals surface area contributed by atoms with Gasteiger partial charge in [-0.1, -0.05) is 11.8 Å². The highest BCUT2D eigenvalue weighted by atomic mass is 19.1. The zero-order chi connectivity index (χ0) is 11.3. The fraction of sp³-hybridized carbons (Fsp3) is 0.0909. The van der Waals surface area contributed by atoms with E-state index < -0.39 is 11.6 Å². The fourth-order valence-electron chi connectivity index (χ4n) is 0.968. The molecule has 0 spiro atoms. The van der Waals surface area contributed by atoms with Gasteiger partial charge in [-0.15, -0.1) is 0 Å². The van der Waals surface area contributed by atoms with Crippen molar-refractivity contribution in [1.29, 1.82) is 5.26 Å². The fourth-order valence-corrected chi connectivity index (χ4v) is 0.968. The van der Waals surface area contributed by atoms with Gasteiger partial charge in [0.25, 0.3) is 0 Å². The first-order valence-corrected chi connectivity index (χ1v) is 4.02. The van der Waals surface area contributed by atoms with Crippen molar-refractivity contribution < 1.29 is 14.3 Å². The van der Waals surface area contributed by atoms with E-state index in [9.17, 15) is 9.18 Å². The van der Waals surface area contributed by atoms with Gasteiger partial charge in [0.2, 0.25) is 0 Å². The second-order valence-electron chi connectivity index (χ2n) is 2.65. The summed E-state index contributed by atoms with van der Waals surface area (Å²) in [4.78, 5) is 10.4. The average molecular weight is 203 g/mol. The molecule has 74 valence electrons. The first kappa shape index (κ1) is 10.7. The number of nitrogens with zero attached hydrogens (tertiary/aromatic N) is 1. The number of carbonyl (C=O) groups excluding carboxylic acids is 1. The molecular formula is C11H6FNO2. The maximum Gasteiger partial charge on any atom is 0.166 e. The molecule has 0 bridgehead atoms. The number of hydrogen-bond acceptors (Lipinski definition) is 3. The van der Waals surface area contributed by atoms with Crippen LogP contribution in [0.25, 0.3) is 0 Å². The molecule has 3 nitrogen and oxygen atoms in total. The van der Waals surface area contributed by atoms with Crippen LogP contribution in [0.3, 0.4) is 0 Å². The number of benzene rings is 1. The van der Waals surface area contributed by atoms with Crippen LogP contribution in [-0.2, 0) is 0 Å². The van der Waals surface area contributed by atoms with E-state index in [1.807, 2.05) is 0 Å². The summed E-state index contributed by atoms with van der Waals surface area (Å²) in [6.07, 6.45) is 0.368. The minimum Gasteiger partial charge on any atom is -0.504 e. The summed E-state index contributed by atoms with van der Waals surface area (Å²) < 4.78 is 13.0. The Kier molecular flexibility index (Phi) is 3.43. The molecule has 1 rings (SSSR count). The molecule has 0 aliphatic heterocycles. The van der Waals surface area contributed by atoms with E-state index in [4.69, 9.17) is 10.4 Å². The highest BCUT2D eigenvalue weighted by Crippen LogP contribution is 2.21. The lowest BCUT2D eigenvalue weighted by Gasteiger charge is -1.99. The number of aromatic hydroxyl groups is 1. The molecule has 1 aromatic rings. The Morgan fingerprint density at radius 3 is 2.87 bits per heavy atom. The van der Waals surface area contributed by atoms with Crippen molar-refractivity contribution in [3.8, 4) is 23.7 Å². The van der Waals surface area contributed by atoms with Crippen molar-refractivity contribution in [2.45, 2.75) is 6.42 Å². The predicted molar refractivity (Wildman–Crippen MR) is 50.6 cm³/mol. The first-order valence-electron chi connectivity index (χ1n) is 4.02. The van der Waals surface area contributed by atoms with Gasteiger partial charge < -0.3 is 5.11 Å². The molecule has 0 radical (unpaired) electrons. The third kappa shape index (κ3) is 2.55. The number of phenolic OH excluding ortho intramolecular Hbond substituents is 1. The second kappa shape index (κ2) is 4.78. The lowest BCUT2D eigenvalue weighted by Crippen LogP contribution is -1.88. The molecule has 0 aliphatic carbocycles. The van der Waals surface area contributed by atoms with Gasteiger partial charge in [-0.05, 0) is 12.1 Å². The molecule has 1 aromatic carbocycles. The van der Waals surface area contributed by atoms with E-state index in [-0.39, 0.29) is 17.5 Å². The van der Waals surface area contributed by atoms with Gasteiger partial charge in [0, 0.05) is 5.56 Å². The van der Waals surface area contributed by atoms with E-state index in [2.05, 4.69) is 11.8 Å². The summed E-state index contributed by atoms with van der Waals surface area (Å²) >= 11 is 0. The van der Waals surface area contributed by atoms with Crippen LogP contribution in [-0.4, -0.2) is 11.4 Å². The summed E-state index contributed by atoms with van der Waals surface area (Å²) in [6, 6.07) is 4.07. The minimum absolute atomic E-state index is 0.0267. The van der Waals surface area contributed by atoms with Crippen LogP contribution in [0.2, 0.25) is 0 Å². The smallest absolute Gasteiger partial charge is 0.166 e. The third-order valence-corrected chi connectivity index (χ3v) is 1.62. The van der Waals surface area contributed by atoms with E-state index >= 15 is 0 Å². The first-order chi connectivity index (χ1) is 7.19. The average Bonchev–Trinajstić information content (AvgIpc) is 2.23. The minimum atomic E-state index is -0.902. The van der Waals surface area contributed by atoms with Gasteiger partial charge in [0.15, 0.2) is 17.9 Å². The van der Waals surface area contributed by atoms with Crippen LogP contribution in [0.15, 0.2) is 12.1 Å². The molecule has 0 atom stereocenters. The summed E-state index contributed by atoms with van der Waals surface area (Å²) in [5.41, 5.74) is 0.0962. The zero-order valence-corrected chi connectivity index (χ0v) is 7.62. The number of phenols is 1. The molecular weight excluding hydrogens is 197 g/mol. The summed E-state index contributed by atoms with van der Waals surface area (Å²) in [5.74, 6) is 3.39. The molecule has 0 heterocycles. The molecule has 0 saturated carbocycles. The van der Waals surface area contributed by atoms with Gasteiger partial charge in [-0.2, -0.15) is 5.26 Å². The molecule has 4 heteroatoms. The van der Waals surface area contributed by atoms with Crippen LogP contribution in [0.1, 0.15) is 22.3 Å². The maximum atomic E-state index is 13.0. The lowest BCUT2D eigenvalue weighted by molar-refractivity contribution is 0.112. The number of rotatable bonds is 1. The van der Waals surface area contributed by atoms with Crippen LogP contribution in [0, 0.1) is 29.0 Å². The van der Waals surface area contributed by atoms with E-state index in [1.54, 1.807) is 6.07 Å². The largest absolute Gasteiger partial charge is 0.504 e. The van der Waals surface area contributed by atoms with Crippen molar-refractivity contribution in [3.63, 3.8) is 0 Å². The Hall–Kier alpha value is -2.33. The Morgan fingerprint density at radius 2 is 2.27 bits per heavy atom. The van der Waals surface area contributed by atoms with Gasteiger partial charge >= 0.3 is 0 Å². The molecule has 0 amide bonds. The van der Waals surface area contributed by atoms with E-state index in [0.29, 0.717) is 6.29 Å². The Bertz CT molecular complexity index is 492. The molecule has 1 N–H and O–H groups in total. The summed E-state index contributed by atoms with van der Waals surface area (Å²) in [7, 11) is 0. The number of hydrogen-bond donors (Lipinski definition) is 1. The molecule has 0 aromatic heterocycles. The Morgan fingerprint density at radius 1 is 1.53 bits per heavy atom.